The van der Waals surface area contributed by atoms with Crippen LogP contribution in [0.2, 0.25) is 5.15 Å². The van der Waals surface area contributed by atoms with Gasteiger partial charge in [-0.2, -0.15) is 19.6 Å². The first kappa shape index (κ1) is 13.0. The highest BCUT2D eigenvalue weighted by Gasteiger charge is 2.18. The van der Waals surface area contributed by atoms with Crippen LogP contribution in [0, 0.1) is 12.3 Å². The third-order valence-corrected chi connectivity index (χ3v) is 3.13. The molecule has 0 unspecified atom stereocenters. The first-order valence-corrected chi connectivity index (χ1v) is 6.03. The van der Waals surface area contributed by atoms with Crippen molar-refractivity contribution in [2.75, 3.05) is 18.5 Å². The smallest absolute Gasteiger partial charge is 0.255 e. The molecular weight excluding hydrogens is 254 g/mol. The summed E-state index contributed by atoms with van der Waals surface area (Å²) in [6.45, 7) is 6.50. The summed E-state index contributed by atoms with van der Waals surface area (Å²) in [6, 6.07) is 0. The molecule has 0 aliphatic rings. The highest BCUT2D eigenvalue weighted by molar-refractivity contribution is 6.30. The van der Waals surface area contributed by atoms with E-state index in [9.17, 15) is 5.11 Å². The molecule has 0 saturated heterocycles. The fourth-order valence-corrected chi connectivity index (χ4v) is 1.65. The van der Waals surface area contributed by atoms with Gasteiger partial charge >= 0.3 is 0 Å². The van der Waals surface area contributed by atoms with Gasteiger partial charge in [0.15, 0.2) is 0 Å². The van der Waals surface area contributed by atoms with Gasteiger partial charge < -0.3 is 10.4 Å². The van der Waals surface area contributed by atoms with Crippen molar-refractivity contribution in [3.63, 3.8) is 0 Å². The van der Waals surface area contributed by atoms with Crippen molar-refractivity contribution < 1.29 is 5.11 Å². The molecule has 0 bridgehead atoms. The Balaban J connectivity index is 2.37. The lowest BCUT2D eigenvalue weighted by atomic mass is 9.95. The SMILES string of the molecule is Cc1c(Cl)nc2ncnn2c1NCC(C)(C)CO. The fraction of sp³-hybridized carbons (Fsp3) is 0.545. The largest absolute Gasteiger partial charge is 0.396 e. The number of halogens is 1. The van der Waals surface area contributed by atoms with E-state index in [0.29, 0.717) is 17.5 Å². The van der Waals surface area contributed by atoms with E-state index < -0.39 is 0 Å². The van der Waals surface area contributed by atoms with Crippen LogP contribution in [0.4, 0.5) is 5.82 Å². The third kappa shape index (κ3) is 2.39. The summed E-state index contributed by atoms with van der Waals surface area (Å²) >= 11 is 6.05. The van der Waals surface area contributed by atoms with Gasteiger partial charge in [0.25, 0.3) is 5.78 Å². The Morgan fingerprint density at radius 1 is 1.50 bits per heavy atom. The van der Waals surface area contributed by atoms with Gasteiger partial charge in [-0.1, -0.05) is 25.4 Å². The molecule has 7 heteroatoms. The molecule has 0 aliphatic heterocycles. The summed E-state index contributed by atoms with van der Waals surface area (Å²) in [5.41, 5.74) is 0.582. The lowest BCUT2D eigenvalue weighted by molar-refractivity contribution is 0.170. The van der Waals surface area contributed by atoms with Gasteiger partial charge in [-0.25, -0.2) is 0 Å². The maximum atomic E-state index is 9.26. The van der Waals surface area contributed by atoms with E-state index >= 15 is 0 Å². The zero-order valence-corrected chi connectivity index (χ0v) is 11.4. The zero-order chi connectivity index (χ0) is 13.3. The molecule has 6 nitrogen and oxygen atoms in total. The van der Waals surface area contributed by atoms with Crippen molar-refractivity contribution in [2.45, 2.75) is 20.8 Å². The summed E-state index contributed by atoms with van der Waals surface area (Å²) in [5.74, 6) is 1.21. The summed E-state index contributed by atoms with van der Waals surface area (Å²) in [5, 5.41) is 17.0. The van der Waals surface area contributed by atoms with Crippen LogP contribution < -0.4 is 5.32 Å². The Morgan fingerprint density at radius 3 is 2.89 bits per heavy atom. The molecular formula is C11H16ClN5O. The maximum absolute atomic E-state index is 9.26. The number of hydrogen-bond acceptors (Lipinski definition) is 5. The van der Waals surface area contributed by atoms with Gasteiger partial charge in [-0.05, 0) is 6.92 Å². The van der Waals surface area contributed by atoms with E-state index in [1.807, 2.05) is 20.8 Å². The molecule has 18 heavy (non-hydrogen) atoms. The third-order valence-electron chi connectivity index (χ3n) is 2.77. The summed E-state index contributed by atoms with van der Waals surface area (Å²) in [4.78, 5) is 8.14. The van der Waals surface area contributed by atoms with E-state index in [0.717, 1.165) is 11.4 Å². The van der Waals surface area contributed by atoms with Gasteiger partial charge in [0.1, 0.15) is 17.3 Å². The Morgan fingerprint density at radius 2 is 2.22 bits per heavy atom. The minimum atomic E-state index is -0.227. The van der Waals surface area contributed by atoms with Crippen LogP contribution in [0.1, 0.15) is 19.4 Å². The molecule has 0 aliphatic carbocycles. The fourth-order valence-electron chi connectivity index (χ4n) is 1.48. The van der Waals surface area contributed by atoms with Crippen molar-refractivity contribution in [3.8, 4) is 0 Å². The van der Waals surface area contributed by atoms with Gasteiger partial charge in [0, 0.05) is 24.1 Å². The van der Waals surface area contributed by atoms with E-state index in [-0.39, 0.29) is 12.0 Å². The number of aromatic nitrogens is 4. The Bertz CT molecular complexity index is 566. The highest BCUT2D eigenvalue weighted by atomic mass is 35.5. The van der Waals surface area contributed by atoms with Gasteiger partial charge in [-0.15, -0.1) is 0 Å². The van der Waals surface area contributed by atoms with E-state index in [4.69, 9.17) is 11.6 Å². The zero-order valence-electron chi connectivity index (χ0n) is 10.6. The Kier molecular flexibility index (Phi) is 3.41. The maximum Gasteiger partial charge on any atom is 0.255 e. The van der Waals surface area contributed by atoms with Crippen LogP contribution in [0.25, 0.3) is 5.78 Å². The Labute approximate surface area is 110 Å². The van der Waals surface area contributed by atoms with E-state index in [1.165, 1.54) is 6.33 Å². The van der Waals surface area contributed by atoms with Crippen molar-refractivity contribution >= 4 is 23.2 Å². The molecule has 2 heterocycles. The molecule has 0 radical (unpaired) electrons. The second kappa shape index (κ2) is 4.70. The lowest BCUT2D eigenvalue weighted by Crippen LogP contribution is -2.28. The van der Waals surface area contributed by atoms with Gasteiger partial charge in [0.2, 0.25) is 0 Å². The van der Waals surface area contributed by atoms with Crippen molar-refractivity contribution in [1.29, 1.82) is 0 Å². The molecule has 2 rings (SSSR count). The van der Waals surface area contributed by atoms with Crippen LogP contribution >= 0.6 is 11.6 Å². The minimum absolute atomic E-state index is 0.0956. The molecule has 0 spiro atoms. The second-order valence-corrected chi connectivity index (χ2v) is 5.38. The summed E-state index contributed by atoms with van der Waals surface area (Å²) < 4.78 is 1.61. The molecule has 2 aromatic heterocycles. The topological polar surface area (TPSA) is 75.3 Å². The highest BCUT2D eigenvalue weighted by Crippen LogP contribution is 2.23. The standard InChI is InChI=1S/C11H16ClN5O/c1-7-8(12)16-10-14-6-15-17(10)9(7)13-4-11(2,3)5-18/h6,13,18H,4-5H2,1-3H3. The van der Waals surface area contributed by atoms with Crippen molar-refractivity contribution in [1.82, 2.24) is 19.6 Å². The first-order chi connectivity index (χ1) is 8.44. The number of rotatable bonds is 4. The second-order valence-electron chi connectivity index (χ2n) is 5.02. The summed E-state index contributed by atoms with van der Waals surface area (Å²) in [6.07, 6.45) is 1.43. The number of aliphatic hydroxyl groups excluding tert-OH is 1. The number of hydrogen-bond donors (Lipinski definition) is 2. The molecule has 98 valence electrons. The molecule has 0 saturated carbocycles. The molecule has 0 atom stereocenters. The van der Waals surface area contributed by atoms with Crippen LogP contribution in [-0.2, 0) is 0 Å². The average molecular weight is 270 g/mol. The first-order valence-electron chi connectivity index (χ1n) is 5.65. The molecule has 0 aromatic carbocycles. The minimum Gasteiger partial charge on any atom is -0.396 e. The van der Waals surface area contributed by atoms with Crippen LogP contribution in [0.15, 0.2) is 6.33 Å². The van der Waals surface area contributed by atoms with Crippen LogP contribution in [0.5, 0.6) is 0 Å². The number of aliphatic hydroxyl groups is 1. The normalized spacial score (nSPS) is 12.1. The van der Waals surface area contributed by atoms with Crippen molar-refractivity contribution in [3.05, 3.63) is 17.0 Å². The van der Waals surface area contributed by atoms with Gasteiger partial charge in [0.05, 0.1) is 0 Å². The molecule has 0 amide bonds. The average Bonchev–Trinajstić information content (AvgIpc) is 2.77. The quantitative estimate of drug-likeness (QED) is 0.823. The predicted octanol–water partition coefficient (Wildman–Crippen LogP) is 1.52. The molecule has 0 fully saturated rings. The number of fused-ring (bicyclic) bond motifs is 1. The monoisotopic (exact) mass is 269 g/mol. The van der Waals surface area contributed by atoms with Gasteiger partial charge in [-0.3, -0.25) is 0 Å². The van der Waals surface area contributed by atoms with E-state index in [2.05, 4.69) is 20.4 Å². The lowest BCUT2D eigenvalue weighted by Gasteiger charge is -2.23. The molecule has 2 aromatic rings. The number of nitrogens with zero attached hydrogens (tertiary/aromatic N) is 4. The summed E-state index contributed by atoms with van der Waals surface area (Å²) in [7, 11) is 0. The predicted molar refractivity (Wildman–Crippen MR) is 69.9 cm³/mol. The number of nitrogens with one attached hydrogen (secondary N) is 1. The van der Waals surface area contributed by atoms with E-state index in [1.54, 1.807) is 4.52 Å². The number of anilines is 1. The molecule has 2 N–H and O–H groups in total. The Hall–Kier alpha value is -1.40. The van der Waals surface area contributed by atoms with Crippen molar-refractivity contribution in [2.24, 2.45) is 5.41 Å². The van der Waals surface area contributed by atoms with Crippen LogP contribution in [-0.4, -0.2) is 37.8 Å². The van der Waals surface area contributed by atoms with Crippen LogP contribution in [0.3, 0.4) is 0 Å².